The molecule has 6 nitrogen and oxygen atoms in total. The fraction of sp³-hybridized carbons (Fsp3) is 0.312. The number of rotatable bonds is 3. The fourth-order valence-corrected chi connectivity index (χ4v) is 3.30. The molecule has 0 bridgehead atoms. The maximum absolute atomic E-state index is 5.43. The highest BCUT2D eigenvalue weighted by Gasteiger charge is 2.15. The SMILES string of the molecule is c1csc(-c2noc(-c3ccnc(N4CCCNCC4)c3)n2)c1. The molecule has 0 unspecified atom stereocenters. The zero-order chi connectivity index (χ0) is 15.5. The highest BCUT2D eigenvalue weighted by molar-refractivity contribution is 7.13. The van der Waals surface area contributed by atoms with Gasteiger partial charge in [-0.2, -0.15) is 4.98 Å². The molecule has 0 atom stereocenters. The lowest BCUT2D eigenvalue weighted by Gasteiger charge is -2.21. The summed E-state index contributed by atoms with van der Waals surface area (Å²) in [6, 6.07) is 7.90. The van der Waals surface area contributed by atoms with Gasteiger partial charge in [0.15, 0.2) is 0 Å². The van der Waals surface area contributed by atoms with Gasteiger partial charge in [-0.1, -0.05) is 11.2 Å². The Morgan fingerprint density at radius 1 is 1.22 bits per heavy atom. The quantitative estimate of drug-likeness (QED) is 0.798. The molecule has 4 rings (SSSR count). The van der Waals surface area contributed by atoms with Crippen molar-refractivity contribution in [3.05, 3.63) is 35.8 Å². The van der Waals surface area contributed by atoms with Crippen LogP contribution in [0.3, 0.4) is 0 Å². The average molecular weight is 327 g/mol. The van der Waals surface area contributed by atoms with Crippen LogP contribution in [-0.4, -0.2) is 41.3 Å². The number of thiophene rings is 1. The Morgan fingerprint density at radius 2 is 2.22 bits per heavy atom. The van der Waals surface area contributed by atoms with Crippen LogP contribution in [0.15, 0.2) is 40.4 Å². The molecule has 1 aliphatic rings. The summed E-state index contributed by atoms with van der Waals surface area (Å²) >= 11 is 1.60. The fourth-order valence-electron chi connectivity index (χ4n) is 2.65. The van der Waals surface area contributed by atoms with E-state index >= 15 is 0 Å². The summed E-state index contributed by atoms with van der Waals surface area (Å²) in [5.74, 6) is 2.12. The van der Waals surface area contributed by atoms with Gasteiger partial charge >= 0.3 is 0 Å². The monoisotopic (exact) mass is 327 g/mol. The minimum atomic E-state index is 0.532. The van der Waals surface area contributed by atoms with E-state index in [0.717, 1.165) is 48.9 Å². The van der Waals surface area contributed by atoms with E-state index in [4.69, 9.17) is 4.52 Å². The lowest BCUT2D eigenvalue weighted by Crippen LogP contribution is -2.28. The number of aromatic nitrogens is 3. The summed E-state index contributed by atoms with van der Waals surface area (Å²) in [7, 11) is 0. The van der Waals surface area contributed by atoms with Crippen molar-refractivity contribution in [2.75, 3.05) is 31.1 Å². The van der Waals surface area contributed by atoms with Crippen LogP contribution < -0.4 is 10.2 Å². The molecule has 4 heterocycles. The first kappa shape index (κ1) is 14.3. The molecule has 0 radical (unpaired) electrons. The highest BCUT2D eigenvalue weighted by Crippen LogP contribution is 2.26. The van der Waals surface area contributed by atoms with Gasteiger partial charge in [0.25, 0.3) is 5.89 Å². The van der Waals surface area contributed by atoms with Crippen LogP contribution in [0.25, 0.3) is 22.2 Å². The standard InChI is InChI=1S/C16H17N5OS/c1-3-13(23-10-1)15-19-16(22-20-15)12-4-6-18-14(11-12)21-8-2-5-17-7-9-21/h1,3-4,6,10-11,17H,2,5,7-9H2. The number of pyridine rings is 1. The lowest BCUT2D eigenvalue weighted by molar-refractivity contribution is 0.432. The van der Waals surface area contributed by atoms with Crippen molar-refractivity contribution < 1.29 is 4.52 Å². The minimum Gasteiger partial charge on any atom is -0.355 e. The van der Waals surface area contributed by atoms with Crippen LogP contribution in [0.4, 0.5) is 5.82 Å². The molecule has 7 heteroatoms. The van der Waals surface area contributed by atoms with Crippen molar-refractivity contribution in [3.8, 4) is 22.2 Å². The van der Waals surface area contributed by atoms with Crippen molar-refractivity contribution >= 4 is 17.2 Å². The highest BCUT2D eigenvalue weighted by atomic mass is 32.1. The van der Waals surface area contributed by atoms with Crippen molar-refractivity contribution in [2.45, 2.75) is 6.42 Å². The summed E-state index contributed by atoms with van der Waals surface area (Å²) in [6.07, 6.45) is 2.92. The van der Waals surface area contributed by atoms with Crippen LogP contribution in [-0.2, 0) is 0 Å². The molecule has 3 aromatic rings. The van der Waals surface area contributed by atoms with Gasteiger partial charge in [0, 0.05) is 31.4 Å². The van der Waals surface area contributed by atoms with Crippen molar-refractivity contribution in [2.24, 2.45) is 0 Å². The second-order valence-electron chi connectivity index (χ2n) is 5.39. The van der Waals surface area contributed by atoms with Crippen molar-refractivity contribution in [1.29, 1.82) is 0 Å². The van der Waals surface area contributed by atoms with Gasteiger partial charge in [-0.05, 0) is 36.5 Å². The molecular weight excluding hydrogens is 310 g/mol. The molecule has 0 spiro atoms. The van der Waals surface area contributed by atoms with Crippen molar-refractivity contribution in [1.82, 2.24) is 20.4 Å². The zero-order valence-electron chi connectivity index (χ0n) is 12.6. The van der Waals surface area contributed by atoms with E-state index in [1.54, 1.807) is 17.5 Å². The van der Waals surface area contributed by atoms with Gasteiger partial charge in [0.1, 0.15) is 5.82 Å². The average Bonchev–Trinajstić information content (AvgIpc) is 3.21. The van der Waals surface area contributed by atoms with E-state index in [9.17, 15) is 0 Å². The van der Waals surface area contributed by atoms with Gasteiger partial charge in [-0.15, -0.1) is 11.3 Å². The summed E-state index contributed by atoms with van der Waals surface area (Å²) in [5, 5.41) is 9.48. The van der Waals surface area contributed by atoms with Crippen LogP contribution in [0, 0.1) is 0 Å². The molecule has 0 aromatic carbocycles. The summed E-state index contributed by atoms with van der Waals surface area (Å²) in [5.41, 5.74) is 0.905. The molecule has 1 aliphatic heterocycles. The number of nitrogens with zero attached hydrogens (tertiary/aromatic N) is 4. The van der Waals surface area contributed by atoms with Crippen LogP contribution in [0.5, 0.6) is 0 Å². The van der Waals surface area contributed by atoms with E-state index in [1.807, 2.05) is 29.6 Å². The second kappa shape index (κ2) is 6.47. The predicted octanol–water partition coefficient (Wildman–Crippen LogP) is 2.66. The molecule has 0 saturated carbocycles. The predicted molar refractivity (Wildman–Crippen MR) is 90.5 cm³/mol. The molecule has 0 amide bonds. The number of anilines is 1. The van der Waals surface area contributed by atoms with Crippen LogP contribution in [0.1, 0.15) is 6.42 Å². The molecule has 23 heavy (non-hydrogen) atoms. The first-order chi connectivity index (χ1) is 11.4. The molecule has 1 fully saturated rings. The Morgan fingerprint density at radius 3 is 3.13 bits per heavy atom. The van der Waals surface area contributed by atoms with Gasteiger partial charge in [0.2, 0.25) is 5.82 Å². The molecule has 1 saturated heterocycles. The van der Waals surface area contributed by atoms with Crippen LogP contribution >= 0.6 is 11.3 Å². The molecular formula is C16H17N5OS. The van der Waals surface area contributed by atoms with Crippen molar-refractivity contribution in [3.63, 3.8) is 0 Å². The van der Waals surface area contributed by atoms with Crippen LogP contribution in [0.2, 0.25) is 0 Å². The Kier molecular flexibility index (Phi) is 4.04. The Labute approximate surface area is 138 Å². The van der Waals surface area contributed by atoms with Gasteiger partial charge < -0.3 is 14.7 Å². The Balaban J connectivity index is 1.61. The van der Waals surface area contributed by atoms with E-state index in [0.29, 0.717) is 11.7 Å². The zero-order valence-corrected chi connectivity index (χ0v) is 13.4. The summed E-state index contributed by atoms with van der Waals surface area (Å²) in [6.45, 7) is 4.01. The lowest BCUT2D eigenvalue weighted by atomic mass is 10.2. The third-order valence-electron chi connectivity index (χ3n) is 3.82. The van der Waals surface area contributed by atoms with E-state index < -0.39 is 0 Å². The maximum atomic E-state index is 5.43. The third kappa shape index (κ3) is 3.11. The van der Waals surface area contributed by atoms with Gasteiger partial charge in [-0.3, -0.25) is 0 Å². The number of hydrogen-bond donors (Lipinski definition) is 1. The summed E-state index contributed by atoms with van der Waals surface area (Å²) < 4.78 is 5.43. The maximum Gasteiger partial charge on any atom is 0.258 e. The van der Waals surface area contributed by atoms with E-state index in [1.165, 1.54) is 0 Å². The second-order valence-corrected chi connectivity index (χ2v) is 6.34. The normalized spacial score (nSPS) is 15.6. The number of nitrogens with one attached hydrogen (secondary N) is 1. The Hall–Kier alpha value is -2.25. The van der Waals surface area contributed by atoms with E-state index in [2.05, 4.69) is 25.3 Å². The third-order valence-corrected chi connectivity index (χ3v) is 4.69. The molecule has 1 N–H and O–H groups in total. The number of hydrogen-bond acceptors (Lipinski definition) is 7. The summed E-state index contributed by atoms with van der Waals surface area (Å²) in [4.78, 5) is 12.3. The van der Waals surface area contributed by atoms with Gasteiger partial charge in [0.05, 0.1) is 4.88 Å². The molecule has 0 aliphatic carbocycles. The first-order valence-corrected chi connectivity index (χ1v) is 8.58. The minimum absolute atomic E-state index is 0.532. The topological polar surface area (TPSA) is 67.1 Å². The smallest absolute Gasteiger partial charge is 0.258 e. The largest absolute Gasteiger partial charge is 0.355 e. The molecule has 118 valence electrons. The van der Waals surface area contributed by atoms with Gasteiger partial charge in [-0.25, -0.2) is 4.98 Å². The first-order valence-electron chi connectivity index (χ1n) is 7.70. The molecule has 3 aromatic heterocycles. The Bertz CT molecular complexity index is 762. The van der Waals surface area contributed by atoms with E-state index in [-0.39, 0.29) is 0 Å².